The molecule has 0 saturated heterocycles. The highest BCUT2D eigenvalue weighted by atomic mass is 32.1. The fourth-order valence-electron chi connectivity index (χ4n) is 1.63. The molecule has 0 fully saturated rings. The van der Waals surface area contributed by atoms with E-state index in [1.165, 1.54) is 11.3 Å². The molecule has 0 radical (unpaired) electrons. The van der Waals surface area contributed by atoms with Crippen LogP contribution in [0.5, 0.6) is 0 Å². The van der Waals surface area contributed by atoms with E-state index in [0.717, 1.165) is 10.4 Å². The standard InChI is InChI=1S/C12H15N3OS/c1-9-4-7-17-11(9)12(16)14-10(2)8-15-6-3-5-13-15/h3-7,10H,8H2,1-2H3,(H,14,16)/t10-/m0/s1. The monoisotopic (exact) mass is 249 g/mol. The van der Waals surface area contributed by atoms with Crippen molar-refractivity contribution in [3.63, 3.8) is 0 Å². The predicted octanol–water partition coefficient (Wildman–Crippen LogP) is 2.07. The molecule has 0 spiro atoms. The summed E-state index contributed by atoms with van der Waals surface area (Å²) in [4.78, 5) is 12.7. The molecule has 2 rings (SSSR count). The van der Waals surface area contributed by atoms with E-state index in [4.69, 9.17) is 0 Å². The van der Waals surface area contributed by atoms with Crippen LogP contribution in [0.25, 0.3) is 0 Å². The first-order valence-electron chi connectivity index (χ1n) is 5.49. The molecule has 5 heteroatoms. The Balaban J connectivity index is 1.93. The van der Waals surface area contributed by atoms with Crippen molar-refractivity contribution in [1.82, 2.24) is 15.1 Å². The molecule has 1 N–H and O–H groups in total. The molecular formula is C12H15N3OS. The van der Waals surface area contributed by atoms with Gasteiger partial charge in [0, 0.05) is 18.4 Å². The van der Waals surface area contributed by atoms with Crippen LogP contribution in [-0.2, 0) is 6.54 Å². The van der Waals surface area contributed by atoms with E-state index < -0.39 is 0 Å². The minimum absolute atomic E-state index is 0.00263. The molecule has 90 valence electrons. The lowest BCUT2D eigenvalue weighted by atomic mass is 10.2. The summed E-state index contributed by atoms with van der Waals surface area (Å²) >= 11 is 1.47. The van der Waals surface area contributed by atoms with Crippen LogP contribution in [0.2, 0.25) is 0 Å². The summed E-state index contributed by atoms with van der Waals surface area (Å²) in [5, 5.41) is 9.02. The van der Waals surface area contributed by atoms with Gasteiger partial charge in [-0.2, -0.15) is 5.10 Å². The highest BCUT2D eigenvalue weighted by Crippen LogP contribution is 2.15. The van der Waals surface area contributed by atoms with Crippen LogP contribution < -0.4 is 5.32 Å². The van der Waals surface area contributed by atoms with Gasteiger partial charge in [-0.15, -0.1) is 11.3 Å². The third-order valence-electron chi connectivity index (χ3n) is 2.47. The molecule has 0 saturated carbocycles. The van der Waals surface area contributed by atoms with Crippen molar-refractivity contribution in [2.24, 2.45) is 0 Å². The summed E-state index contributed by atoms with van der Waals surface area (Å²) in [7, 11) is 0. The smallest absolute Gasteiger partial charge is 0.261 e. The summed E-state index contributed by atoms with van der Waals surface area (Å²) in [6, 6.07) is 3.89. The van der Waals surface area contributed by atoms with E-state index in [2.05, 4.69) is 10.4 Å². The van der Waals surface area contributed by atoms with Crippen molar-refractivity contribution in [3.8, 4) is 0 Å². The maximum atomic E-state index is 11.9. The van der Waals surface area contributed by atoms with Gasteiger partial charge in [0.05, 0.1) is 11.4 Å². The summed E-state index contributed by atoms with van der Waals surface area (Å²) < 4.78 is 1.81. The topological polar surface area (TPSA) is 46.9 Å². The van der Waals surface area contributed by atoms with Gasteiger partial charge in [-0.1, -0.05) is 0 Å². The van der Waals surface area contributed by atoms with Crippen LogP contribution in [0, 0.1) is 6.92 Å². The van der Waals surface area contributed by atoms with Crippen molar-refractivity contribution in [3.05, 3.63) is 40.3 Å². The minimum Gasteiger partial charge on any atom is -0.347 e. The third kappa shape index (κ3) is 2.94. The van der Waals surface area contributed by atoms with Crippen LogP contribution >= 0.6 is 11.3 Å². The minimum atomic E-state index is -0.00263. The summed E-state index contributed by atoms with van der Waals surface area (Å²) in [5.74, 6) is -0.00263. The van der Waals surface area contributed by atoms with Crippen molar-refractivity contribution in [2.75, 3.05) is 0 Å². The second-order valence-electron chi connectivity index (χ2n) is 4.04. The van der Waals surface area contributed by atoms with E-state index in [9.17, 15) is 4.79 Å². The molecular weight excluding hydrogens is 234 g/mol. The van der Waals surface area contributed by atoms with Crippen molar-refractivity contribution >= 4 is 17.2 Å². The van der Waals surface area contributed by atoms with Gasteiger partial charge >= 0.3 is 0 Å². The molecule has 2 heterocycles. The molecule has 17 heavy (non-hydrogen) atoms. The van der Waals surface area contributed by atoms with Gasteiger partial charge in [-0.05, 0) is 36.9 Å². The van der Waals surface area contributed by atoms with Crippen LogP contribution in [0.4, 0.5) is 0 Å². The number of carbonyl (C=O) groups excluding carboxylic acids is 1. The maximum absolute atomic E-state index is 11.9. The van der Waals surface area contributed by atoms with Crippen LogP contribution in [0.15, 0.2) is 29.9 Å². The van der Waals surface area contributed by atoms with Gasteiger partial charge in [0.15, 0.2) is 0 Å². The van der Waals surface area contributed by atoms with Crippen molar-refractivity contribution in [2.45, 2.75) is 26.4 Å². The Morgan fingerprint density at radius 1 is 1.65 bits per heavy atom. The summed E-state index contributed by atoms with van der Waals surface area (Å²) in [6.45, 7) is 4.61. The molecule has 0 aliphatic rings. The average molecular weight is 249 g/mol. The van der Waals surface area contributed by atoms with Gasteiger partial charge in [-0.25, -0.2) is 0 Å². The van der Waals surface area contributed by atoms with Gasteiger partial charge in [-0.3, -0.25) is 9.48 Å². The number of rotatable bonds is 4. The molecule has 0 bridgehead atoms. The molecule has 1 amide bonds. The molecule has 2 aromatic heterocycles. The predicted molar refractivity (Wildman–Crippen MR) is 68.2 cm³/mol. The number of carbonyl (C=O) groups is 1. The van der Waals surface area contributed by atoms with Gasteiger partial charge in [0.25, 0.3) is 5.91 Å². The SMILES string of the molecule is Cc1ccsc1C(=O)N[C@@H](C)Cn1cccn1. The Labute approximate surface area is 104 Å². The first kappa shape index (κ1) is 11.9. The van der Waals surface area contributed by atoms with Gasteiger partial charge in [0.1, 0.15) is 0 Å². The maximum Gasteiger partial charge on any atom is 0.261 e. The molecule has 0 aromatic carbocycles. The highest BCUT2D eigenvalue weighted by Gasteiger charge is 2.13. The lowest BCUT2D eigenvalue weighted by molar-refractivity contribution is 0.0939. The first-order chi connectivity index (χ1) is 8.16. The Morgan fingerprint density at radius 2 is 2.47 bits per heavy atom. The van der Waals surface area contributed by atoms with E-state index >= 15 is 0 Å². The number of aromatic nitrogens is 2. The van der Waals surface area contributed by atoms with E-state index in [-0.39, 0.29) is 11.9 Å². The van der Waals surface area contributed by atoms with Crippen LogP contribution in [0.1, 0.15) is 22.2 Å². The Kier molecular flexibility index (Phi) is 3.58. The average Bonchev–Trinajstić information content (AvgIpc) is 2.88. The van der Waals surface area contributed by atoms with Gasteiger partial charge < -0.3 is 5.32 Å². The van der Waals surface area contributed by atoms with Crippen molar-refractivity contribution < 1.29 is 4.79 Å². The van der Waals surface area contributed by atoms with Crippen LogP contribution in [-0.4, -0.2) is 21.7 Å². The van der Waals surface area contributed by atoms with E-state index in [0.29, 0.717) is 6.54 Å². The molecule has 0 aliphatic carbocycles. The zero-order chi connectivity index (χ0) is 12.3. The fraction of sp³-hybridized carbons (Fsp3) is 0.333. The zero-order valence-electron chi connectivity index (χ0n) is 9.88. The Bertz CT molecular complexity index is 490. The molecule has 1 atom stereocenters. The number of amides is 1. The van der Waals surface area contributed by atoms with Gasteiger partial charge in [0.2, 0.25) is 0 Å². The lowest BCUT2D eigenvalue weighted by Gasteiger charge is -2.13. The number of hydrogen-bond donors (Lipinski definition) is 1. The lowest BCUT2D eigenvalue weighted by Crippen LogP contribution is -2.35. The summed E-state index contributed by atoms with van der Waals surface area (Å²) in [5.41, 5.74) is 1.03. The highest BCUT2D eigenvalue weighted by molar-refractivity contribution is 7.12. The number of nitrogens with zero attached hydrogens (tertiary/aromatic N) is 2. The molecule has 4 nitrogen and oxygen atoms in total. The second-order valence-corrected chi connectivity index (χ2v) is 4.95. The first-order valence-corrected chi connectivity index (χ1v) is 6.37. The summed E-state index contributed by atoms with van der Waals surface area (Å²) in [6.07, 6.45) is 3.62. The number of nitrogens with one attached hydrogen (secondary N) is 1. The Hall–Kier alpha value is -1.62. The van der Waals surface area contributed by atoms with Crippen molar-refractivity contribution in [1.29, 1.82) is 0 Å². The molecule has 2 aromatic rings. The number of thiophene rings is 1. The largest absolute Gasteiger partial charge is 0.347 e. The zero-order valence-corrected chi connectivity index (χ0v) is 10.7. The molecule has 0 unspecified atom stereocenters. The Morgan fingerprint density at radius 3 is 3.06 bits per heavy atom. The van der Waals surface area contributed by atoms with E-state index in [1.807, 2.05) is 42.2 Å². The number of aryl methyl sites for hydroxylation is 1. The van der Waals surface area contributed by atoms with Crippen LogP contribution in [0.3, 0.4) is 0 Å². The number of hydrogen-bond acceptors (Lipinski definition) is 3. The second kappa shape index (κ2) is 5.14. The molecule has 0 aliphatic heterocycles. The third-order valence-corrected chi connectivity index (χ3v) is 3.48. The fourth-order valence-corrected chi connectivity index (χ4v) is 2.46. The normalized spacial score (nSPS) is 12.4. The van der Waals surface area contributed by atoms with E-state index in [1.54, 1.807) is 6.20 Å². The quantitative estimate of drug-likeness (QED) is 0.901.